The molecule has 0 saturated carbocycles. The molecular formula is C41H35F6N3O6. The molecule has 5 aromatic carbocycles. The lowest BCUT2D eigenvalue weighted by Gasteiger charge is -2.25. The van der Waals surface area contributed by atoms with Gasteiger partial charge in [-0.3, -0.25) is 14.4 Å². The zero-order valence-electron chi connectivity index (χ0n) is 29.4. The average molecular weight is 780 g/mol. The highest BCUT2D eigenvalue weighted by Crippen LogP contribution is 2.35. The van der Waals surface area contributed by atoms with Gasteiger partial charge in [-0.15, -0.1) is 0 Å². The fourth-order valence-electron chi connectivity index (χ4n) is 5.30. The summed E-state index contributed by atoms with van der Waals surface area (Å²) < 4.78 is 78.2. The monoisotopic (exact) mass is 779 g/mol. The number of carbonyl (C=O) groups excluding carboxylic acids is 3. The van der Waals surface area contributed by atoms with Gasteiger partial charge in [0.05, 0.1) is 17.8 Å². The first-order valence-corrected chi connectivity index (χ1v) is 16.8. The Hall–Kier alpha value is -6.48. The van der Waals surface area contributed by atoms with E-state index in [2.05, 4.69) is 5.32 Å². The zero-order chi connectivity index (χ0) is 40.9. The molecule has 0 aliphatic rings. The van der Waals surface area contributed by atoms with Crippen LogP contribution < -0.4 is 20.7 Å². The minimum atomic E-state index is -5.08. The Balaban J connectivity index is 0.000000908. The number of hydrogen-bond donors (Lipinski definition) is 3. The number of anilines is 1. The molecule has 0 atom stereocenters. The van der Waals surface area contributed by atoms with Crippen molar-refractivity contribution in [2.45, 2.75) is 44.8 Å². The molecule has 0 fully saturated rings. The van der Waals surface area contributed by atoms with Gasteiger partial charge in [-0.05, 0) is 64.2 Å². The summed E-state index contributed by atoms with van der Waals surface area (Å²) in [7, 11) is 0. The van der Waals surface area contributed by atoms with Crippen molar-refractivity contribution in [3.05, 3.63) is 149 Å². The van der Waals surface area contributed by atoms with E-state index in [9.17, 15) is 40.7 Å². The van der Waals surface area contributed by atoms with Crippen LogP contribution in [0.3, 0.4) is 0 Å². The molecule has 15 heteroatoms. The van der Waals surface area contributed by atoms with Gasteiger partial charge in [-0.1, -0.05) is 84.9 Å². The van der Waals surface area contributed by atoms with Crippen molar-refractivity contribution in [3.8, 4) is 22.6 Å². The molecule has 56 heavy (non-hydrogen) atoms. The molecule has 4 N–H and O–H groups in total. The van der Waals surface area contributed by atoms with Crippen LogP contribution in [0.5, 0.6) is 11.5 Å². The van der Waals surface area contributed by atoms with Crippen LogP contribution in [0.15, 0.2) is 121 Å². The number of aliphatic carboxylic acids is 1. The molecule has 0 bridgehead atoms. The first-order chi connectivity index (χ1) is 26.6. The summed E-state index contributed by atoms with van der Waals surface area (Å²) in [6, 6.07) is 34.1. The van der Waals surface area contributed by atoms with Gasteiger partial charge in [0.15, 0.2) is 5.75 Å². The number of hydrogen-bond acceptors (Lipinski definition) is 6. The Morgan fingerprint density at radius 2 is 1.41 bits per heavy atom. The number of aldehydes is 1. The van der Waals surface area contributed by atoms with Gasteiger partial charge in [-0.25, -0.2) is 4.79 Å². The standard InChI is InChI=1S/C39H34F3N3O4.C2HF3O2/c40-39(41,42)34-12-2-1-9-32(34)24-44-37(47)19-20-38(48)45(25-27-15-17-30(18-16-27)31-10-5-8-29(21-31)26-46)35-13-3-4-14-36(35)49-33-11-6-7-28(22-33)23-43;3-2(4,5)1(6)7/h1-18,21-22,26H,19-20,23-25,43H2,(H,44,47);(H,6,7). The van der Waals surface area contributed by atoms with Crippen LogP contribution in [0.4, 0.5) is 32.0 Å². The molecule has 9 nitrogen and oxygen atoms in total. The summed E-state index contributed by atoms with van der Waals surface area (Å²) in [4.78, 5) is 48.3. The van der Waals surface area contributed by atoms with Crippen LogP contribution in [0.25, 0.3) is 11.1 Å². The maximum atomic E-state index is 13.9. The maximum absolute atomic E-state index is 13.9. The summed E-state index contributed by atoms with van der Waals surface area (Å²) in [6.07, 6.45) is -9.30. The van der Waals surface area contributed by atoms with Gasteiger partial charge >= 0.3 is 18.3 Å². The number of ether oxygens (including phenoxy) is 1. The Labute approximate surface area is 317 Å². The van der Waals surface area contributed by atoms with Gasteiger partial charge in [-0.2, -0.15) is 26.3 Å². The maximum Gasteiger partial charge on any atom is 0.490 e. The van der Waals surface area contributed by atoms with Crippen LogP contribution in [-0.2, 0) is 40.2 Å². The molecule has 0 unspecified atom stereocenters. The van der Waals surface area contributed by atoms with Gasteiger partial charge in [0.1, 0.15) is 12.0 Å². The first-order valence-electron chi connectivity index (χ1n) is 16.8. The van der Waals surface area contributed by atoms with Crippen molar-refractivity contribution in [1.82, 2.24) is 5.32 Å². The minimum Gasteiger partial charge on any atom is -0.475 e. The molecule has 5 rings (SSSR count). The van der Waals surface area contributed by atoms with Crippen LogP contribution in [0.1, 0.15) is 45.5 Å². The number of para-hydroxylation sites is 2. The van der Waals surface area contributed by atoms with Crippen molar-refractivity contribution in [3.63, 3.8) is 0 Å². The highest BCUT2D eigenvalue weighted by molar-refractivity contribution is 5.96. The van der Waals surface area contributed by atoms with E-state index in [0.29, 0.717) is 29.3 Å². The molecule has 5 aromatic rings. The second kappa shape index (κ2) is 19.2. The summed E-state index contributed by atoms with van der Waals surface area (Å²) in [5.41, 5.74) is 9.35. The summed E-state index contributed by atoms with van der Waals surface area (Å²) in [5, 5.41) is 9.64. The lowest BCUT2D eigenvalue weighted by molar-refractivity contribution is -0.192. The molecule has 0 saturated heterocycles. The quantitative estimate of drug-likeness (QED) is 0.0803. The van der Waals surface area contributed by atoms with E-state index in [1.807, 2.05) is 48.5 Å². The number of nitrogens with two attached hydrogens (primary N) is 1. The van der Waals surface area contributed by atoms with Gasteiger partial charge in [0.2, 0.25) is 11.8 Å². The number of benzene rings is 5. The van der Waals surface area contributed by atoms with Crippen molar-refractivity contribution in [1.29, 1.82) is 0 Å². The van der Waals surface area contributed by atoms with E-state index >= 15 is 0 Å². The third kappa shape index (κ3) is 12.3. The Morgan fingerprint density at radius 1 is 0.750 bits per heavy atom. The topological polar surface area (TPSA) is 139 Å². The highest BCUT2D eigenvalue weighted by atomic mass is 19.4. The molecule has 0 heterocycles. The first kappa shape index (κ1) is 42.3. The van der Waals surface area contributed by atoms with Crippen molar-refractivity contribution in [2.24, 2.45) is 5.73 Å². The Kier molecular flexibility index (Phi) is 14.5. The highest BCUT2D eigenvalue weighted by Gasteiger charge is 2.38. The average Bonchev–Trinajstić information content (AvgIpc) is 3.18. The molecule has 0 radical (unpaired) electrons. The summed E-state index contributed by atoms with van der Waals surface area (Å²) in [5.74, 6) is -2.77. The molecule has 0 aromatic heterocycles. The second-order valence-corrected chi connectivity index (χ2v) is 12.1. The van der Waals surface area contributed by atoms with E-state index in [1.165, 1.54) is 23.1 Å². The summed E-state index contributed by atoms with van der Waals surface area (Å²) in [6.45, 7) is 0.132. The van der Waals surface area contributed by atoms with Crippen LogP contribution in [0, 0.1) is 0 Å². The predicted molar refractivity (Wildman–Crippen MR) is 196 cm³/mol. The molecule has 0 spiro atoms. The van der Waals surface area contributed by atoms with Gasteiger partial charge in [0.25, 0.3) is 0 Å². The fourth-order valence-corrected chi connectivity index (χ4v) is 5.30. The number of carboxylic acid groups (broad SMARTS) is 1. The number of halogens is 6. The van der Waals surface area contributed by atoms with Crippen LogP contribution in [0.2, 0.25) is 0 Å². The molecule has 0 aliphatic carbocycles. The van der Waals surface area contributed by atoms with Crippen molar-refractivity contribution in [2.75, 3.05) is 4.90 Å². The number of nitrogens with one attached hydrogen (secondary N) is 1. The Morgan fingerprint density at radius 3 is 2.07 bits per heavy atom. The van der Waals surface area contributed by atoms with Crippen molar-refractivity contribution < 1.29 is 55.4 Å². The van der Waals surface area contributed by atoms with Crippen molar-refractivity contribution >= 4 is 29.8 Å². The Bertz CT molecular complexity index is 2140. The molecule has 2 amide bonds. The number of amides is 2. The number of rotatable bonds is 13. The SMILES string of the molecule is NCc1cccc(Oc2ccccc2N(Cc2ccc(-c3cccc(C=O)c3)cc2)C(=O)CCC(=O)NCc2ccccc2C(F)(F)F)c1.O=C(O)C(F)(F)F. The predicted octanol–water partition coefficient (Wildman–Crippen LogP) is 8.70. The smallest absolute Gasteiger partial charge is 0.475 e. The number of carbonyl (C=O) groups is 4. The van der Waals surface area contributed by atoms with Gasteiger partial charge < -0.3 is 25.8 Å². The van der Waals surface area contributed by atoms with E-state index in [1.54, 1.807) is 48.5 Å². The summed E-state index contributed by atoms with van der Waals surface area (Å²) >= 11 is 0. The molecule has 292 valence electrons. The third-order valence-electron chi connectivity index (χ3n) is 8.08. The van der Waals surface area contributed by atoms with E-state index in [0.717, 1.165) is 34.6 Å². The minimum absolute atomic E-state index is 0.0672. The largest absolute Gasteiger partial charge is 0.490 e. The molecular weight excluding hydrogens is 744 g/mol. The fraction of sp³-hybridized carbons (Fsp3) is 0.171. The zero-order valence-corrected chi connectivity index (χ0v) is 29.4. The van der Waals surface area contributed by atoms with Crippen LogP contribution >= 0.6 is 0 Å². The number of carboxylic acids is 1. The molecule has 0 aliphatic heterocycles. The van der Waals surface area contributed by atoms with Crippen LogP contribution in [-0.4, -0.2) is 35.4 Å². The van der Waals surface area contributed by atoms with E-state index in [4.69, 9.17) is 20.4 Å². The van der Waals surface area contributed by atoms with E-state index < -0.39 is 29.8 Å². The lowest BCUT2D eigenvalue weighted by Crippen LogP contribution is -2.32. The lowest BCUT2D eigenvalue weighted by atomic mass is 10.0. The number of nitrogens with zero attached hydrogens (tertiary/aromatic N) is 1. The third-order valence-corrected chi connectivity index (χ3v) is 8.08. The van der Waals surface area contributed by atoms with Gasteiger partial charge in [0, 0.05) is 31.5 Å². The van der Waals surface area contributed by atoms with E-state index in [-0.39, 0.29) is 37.4 Å². The second-order valence-electron chi connectivity index (χ2n) is 12.1. The normalized spacial score (nSPS) is 11.1. The number of alkyl halides is 6.